The van der Waals surface area contributed by atoms with Crippen LogP contribution in [0.4, 0.5) is 24.7 Å². The van der Waals surface area contributed by atoms with Crippen LogP contribution < -0.4 is 4.90 Å². The van der Waals surface area contributed by atoms with E-state index in [4.69, 9.17) is 0 Å². The molecule has 0 amide bonds. The Morgan fingerprint density at radius 3 is 2.30 bits per heavy atom. The van der Waals surface area contributed by atoms with Crippen molar-refractivity contribution in [2.24, 2.45) is 7.05 Å². The summed E-state index contributed by atoms with van der Waals surface area (Å²) in [7, 11) is 1.62. The summed E-state index contributed by atoms with van der Waals surface area (Å²) in [4.78, 5) is 13.9. The molecule has 0 bridgehead atoms. The number of hydrogen-bond donors (Lipinski definition) is 0. The van der Waals surface area contributed by atoms with Crippen LogP contribution in [0.1, 0.15) is 19.5 Å². The van der Waals surface area contributed by atoms with E-state index in [1.807, 2.05) is 0 Å². The summed E-state index contributed by atoms with van der Waals surface area (Å²) in [5.41, 5.74) is 0.339. The molecule has 1 aromatic heterocycles. The van der Waals surface area contributed by atoms with E-state index < -0.39 is 17.1 Å². The average Bonchev–Trinajstić information content (AvgIpc) is 2.82. The minimum atomic E-state index is -4.27. The van der Waals surface area contributed by atoms with Crippen LogP contribution in [0.5, 0.6) is 0 Å². The summed E-state index contributed by atoms with van der Waals surface area (Å²) < 4.78 is 39.8. The van der Waals surface area contributed by atoms with E-state index in [1.54, 1.807) is 18.9 Å². The number of alkyl halides is 3. The first-order valence-electron chi connectivity index (χ1n) is 7.42. The molecule has 0 saturated carbocycles. The zero-order chi connectivity index (χ0) is 17.4. The van der Waals surface area contributed by atoms with Gasteiger partial charge in [-0.15, -0.1) is 0 Å². The number of rotatable bonds is 4. The van der Waals surface area contributed by atoms with E-state index in [0.29, 0.717) is 31.0 Å². The minimum Gasteiger partial charge on any atom is -0.349 e. The van der Waals surface area contributed by atoms with E-state index in [-0.39, 0.29) is 18.8 Å². The van der Waals surface area contributed by atoms with Crippen LogP contribution in [0.25, 0.3) is 0 Å². The van der Waals surface area contributed by atoms with Crippen molar-refractivity contribution in [3.8, 4) is 0 Å². The molecule has 1 unspecified atom stereocenters. The first kappa shape index (κ1) is 17.5. The van der Waals surface area contributed by atoms with Crippen molar-refractivity contribution >= 4 is 11.5 Å². The zero-order valence-electron chi connectivity index (χ0n) is 13.3. The molecule has 1 aliphatic heterocycles. The van der Waals surface area contributed by atoms with Crippen LogP contribution in [-0.2, 0) is 13.5 Å². The quantitative estimate of drug-likeness (QED) is 0.622. The molecule has 0 N–H and O–H groups in total. The molecule has 10 heteroatoms. The molecule has 0 radical (unpaired) electrons. The van der Waals surface area contributed by atoms with Crippen LogP contribution in [0.2, 0.25) is 0 Å². The second-order valence-corrected chi connectivity index (χ2v) is 5.59. The number of nitro groups is 1. The maximum atomic E-state index is 12.8. The van der Waals surface area contributed by atoms with Gasteiger partial charge in [-0.05, 0) is 13.3 Å². The second-order valence-electron chi connectivity index (χ2n) is 5.59. The Kier molecular flexibility index (Phi) is 4.83. The number of piperazine rings is 1. The third kappa shape index (κ3) is 3.41. The normalized spacial score (nSPS) is 18.3. The van der Waals surface area contributed by atoms with Gasteiger partial charge in [0.15, 0.2) is 0 Å². The van der Waals surface area contributed by atoms with Gasteiger partial charge >= 0.3 is 11.9 Å². The third-order valence-corrected chi connectivity index (χ3v) is 4.22. The highest BCUT2D eigenvalue weighted by molar-refractivity contribution is 5.61. The number of hydrogen-bond acceptors (Lipinski definition) is 5. The SMILES string of the molecule is CCc1nn(C)c(N2CCN(C(C)C(F)(F)F)CC2)c1[N+](=O)[O-]. The Hall–Kier alpha value is -1.84. The highest BCUT2D eigenvalue weighted by atomic mass is 19.4. The number of aryl methyl sites for hydroxylation is 2. The van der Waals surface area contributed by atoms with E-state index in [1.165, 1.54) is 9.58 Å². The van der Waals surface area contributed by atoms with Gasteiger partial charge in [-0.25, -0.2) is 4.68 Å². The van der Waals surface area contributed by atoms with Crippen molar-refractivity contribution in [2.45, 2.75) is 32.5 Å². The molecule has 0 aromatic carbocycles. The zero-order valence-corrected chi connectivity index (χ0v) is 13.3. The van der Waals surface area contributed by atoms with E-state index in [9.17, 15) is 23.3 Å². The molecule has 1 atom stereocenters. The molecule has 1 fully saturated rings. The smallest absolute Gasteiger partial charge is 0.349 e. The van der Waals surface area contributed by atoms with Gasteiger partial charge in [-0.3, -0.25) is 15.0 Å². The van der Waals surface area contributed by atoms with Crippen LogP contribution in [0, 0.1) is 10.1 Å². The Balaban J connectivity index is 2.18. The molecular formula is C13H20F3N5O2. The maximum absolute atomic E-state index is 12.8. The summed E-state index contributed by atoms with van der Waals surface area (Å²) in [6.45, 7) is 3.91. The summed E-state index contributed by atoms with van der Waals surface area (Å²) >= 11 is 0. The van der Waals surface area contributed by atoms with E-state index in [2.05, 4.69) is 5.10 Å². The van der Waals surface area contributed by atoms with E-state index >= 15 is 0 Å². The number of aromatic nitrogens is 2. The maximum Gasteiger partial charge on any atom is 0.403 e. The fourth-order valence-corrected chi connectivity index (χ4v) is 2.87. The van der Waals surface area contributed by atoms with Gasteiger partial charge in [-0.2, -0.15) is 18.3 Å². The predicted octanol–water partition coefficient (Wildman–Crippen LogP) is 1.96. The van der Waals surface area contributed by atoms with Gasteiger partial charge in [0.2, 0.25) is 5.82 Å². The lowest BCUT2D eigenvalue weighted by Crippen LogP contribution is -2.54. The molecule has 1 aromatic rings. The van der Waals surface area contributed by atoms with Gasteiger partial charge in [0.1, 0.15) is 11.7 Å². The van der Waals surface area contributed by atoms with Crippen LogP contribution in [0.3, 0.4) is 0 Å². The van der Waals surface area contributed by atoms with Gasteiger partial charge in [0, 0.05) is 33.2 Å². The summed E-state index contributed by atoms with van der Waals surface area (Å²) in [6.07, 6.45) is -3.84. The Morgan fingerprint density at radius 1 is 1.30 bits per heavy atom. The molecule has 2 heterocycles. The number of anilines is 1. The average molecular weight is 335 g/mol. The highest BCUT2D eigenvalue weighted by Crippen LogP contribution is 2.33. The summed E-state index contributed by atoms with van der Waals surface area (Å²) in [5.74, 6) is 0.367. The van der Waals surface area contributed by atoms with Gasteiger partial charge in [0.05, 0.1) is 4.92 Å². The predicted molar refractivity (Wildman–Crippen MR) is 78.5 cm³/mol. The minimum absolute atomic E-state index is 0.0488. The van der Waals surface area contributed by atoms with Gasteiger partial charge in [-0.1, -0.05) is 6.92 Å². The Morgan fingerprint density at radius 2 is 1.87 bits per heavy atom. The topological polar surface area (TPSA) is 67.4 Å². The Labute approximate surface area is 131 Å². The third-order valence-electron chi connectivity index (χ3n) is 4.22. The Bertz CT molecular complexity index is 579. The highest BCUT2D eigenvalue weighted by Gasteiger charge is 2.41. The lowest BCUT2D eigenvalue weighted by atomic mass is 10.2. The first-order valence-corrected chi connectivity index (χ1v) is 7.42. The number of nitrogens with zero attached hydrogens (tertiary/aromatic N) is 5. The molecular weight excluding hydrogens is 315 g/mol. The lowest BCUT2D eigenvalue weighted by molar-refractivity contribution is -0.384. The lowest BCUT2D eigenvalue weighted by Gasteiger charge is -2.38. The van der Waals surface area contributed by atoms with Crippen LogP contribution in [0.15, 0.2) is 0 Å². The largest absolute Gasteiger partial charge is 0.403 e. The van der Waals surface area contributed by atoms with Crippen molar-refractivity contribution in [1.82, 2.24) is 14.7 Å². The molecule has 0 aliphatic carbocycles. The molecule has 1 saturated heterocycles. The molecule has 1 aliphatic rings. The molecule has 2 rings (SSSR count). The van der Waals surface area contributed by atoms with Gasteiger partial charge in [0.25, 0.3) is 0 Å². The first-order chi connectivity index (χ1) is 10.7. The second kappa shape index (κ2) is 6.34. The summed E-state index contributed by atoms with van der Waals surface area (Å²) in [5, 5.41) is 15.5. The molecule has 23 heavy (non-hydrogen) atoms. The van der Waals surface area contributed by atoms with Crippen molar-refractivity contribution < 1.29 is 18.1 Å². The summed E-state index contributed by atoms with van der Waals surface area (Å²) in [6, 6.07) is -1.52. The monoisotopic (exact) mass is 335 g/mol. The van der Waals surface area contributed by atoms with Crippen molar-refractivity contribution in [1.29, 1.82) is 0 Å². The van der Waals surface area contributed by atoms with Crippen molar-refractivity contribution in [3.05, 3.63) is 15.8 Å². The van der Waals surface area contributed by atoms with E-state index in [0.717, 1.165) is 6.92 Å². The fraction of sp³-hybridized carbons (Fsp3) is 0.769. The van der Waals surface area contributed by atoms with Crippen LogP contribution in [-0.4, -0.2) is 58.0 Å². The number of halogens is 3. The fourth-order valence-electron chi connectivity index (χ4n) is 2.87. The van der Waals surface area contributed by atoms with Gasteiger partial charge < -0.3 is 4.90 Å². The molecule has 7 nitrogen and oxygen atoms in total. The van der Waals surface area contributed by atoms with Crippen LogP contribution >= 0.6 is 0 Å². The van der Waals surface area contributed by atoms with Crippen molar-refractivity contribution in [2.75, 3.05) is 31.1 Å². The standard InChI is InChI=1S/C13H20F3N5O2/c1-4-10-11(21(22)23)12(18(3)17-10)20-7-5-19(6-8-20)9(2)13(14,15)16/h9H,4-8H2,1-3H3. The van der Waals surface area contributed by atoms with Crippen molar-refractivity contribution in [3.63, 3.8) is 0 Å². The molecule has 0 spiro atoms. The molecule has 130 valence electrons.